The fourth-order valence-corrected chi connectivity index (χ4v) is 1.42. The fourth-order valence-electron chi connectivity index (χ4n) is 1.42. The predicted molar refractivity (Wildman–Crippen MR) is 71.1 cm³/mol. The van der Waals surface area contributed by atoms with Gasteiger partial charge in [0.05, 0.1) is 19.1 Å². The highest BCUT2D eigenvalue weighted by Crippen LogP contribution is 2.05. The van der Waals surface area contributed by atoms with Gasteiger partial charge < -0.3 is 20.8 Å². The van der Waals surface area contributed by atoms with Gasteiger partial charge >= 0.3 is 0 Å². The molecule has 6 heteroatoms. The van der Waals surface area contributed by atoms with Crippen LogP contribution in [0, 0.1) is 12.8 Å². The maximum Gasteiger partial charge on any atom is 0.239 e. The van der Waals surface area contributed by atoms with Crippen molar-refractivity contribution in [2.45, 2.75) is 33.4 Å². The Labute approximate surface area is 112 Å². The maximum absolute atomic E-state index is 11.5. The lowest BCUT2D eigenvalue weighted by atomic mass is 10.1. The van der Waals surface area contributed by atoms with Crippen molar-refractivity contribution in [2.75, 3.05) is 6.54 Å². The third-order valence-corrected chi connectivity index (χ3v) is 2.70. The summed E-state index contributed by atoms with van der Waals surface area (Å²) < 4.78 is 5.31. The van der Waals surface area contributed by atoms with Gasteiger partial charge in [-0.3, -0.25) is 9.59 Å². The molecule has 0 saturated heterocycles. The average molecular weight is 267 g/mol. The SMILES string of the molecule is Cc1ccc(CNC(=O)CNC(=O)[C@@H](N)C(C)C)o1. The molecule has 0 fully saturated rings. The zero-order valence-corrected chi connectivity index (χ0v) is 11.5. The van der Waals surface area contributed by atoms with Crippen LogP contribution in [0.3, 0.4) is 0 Å². The van der Waals surface area contributed by atoms with Crippen LogP contribution in [0.1, 0.15) is 25.4 Å². The Balaban J connectivity index is 2.26. The third kappa shape index (κ3) is 5.13. The average Bonchev–Trinajstić information content (AvgIpc) is 2.78. The topological polar surface area (TPSA) is 97.4 Å². The molecule has 0 saturated carbocycles. The van der Waals surface area contributed by atoms with E-state index in [1.165, 1.54) is 0 Å². The molecule has 1 aromatic rings. The van der Waals surface area contributed by atoms with Gasteiger partial charge in [-0.25, -0.2) is 0 Å². The molecule has 2 amide bonds. The van der Waals surface area contributed by atoms with Crippen molar-refractivity contribution in [3.63, 3.8) is 0 Å². The fraction of sp³-hybridized carbons (Fsp3) is 0.538. The summed E-state index contributed by atoms with van der Waals surface area (Å²) in [5, 5.41) is 5.15. The summed E-state index contributed by atoms with van der Waals surface area (Å²) in [4.78, 5) is 23.0. The molecule has 1 aromatic heterocycles. The number of nitrogens with two attached hydrogens (primary N) is 1. The Hall–Kier alpha value is -1.82. The van der Waals surface area contributed by atoms with Gasteiger partial charge in [-0.1, -0.05) is 13.8 Å². The predicted octanol–water partition coefficient (Wildman–Crippen LogP) is 0.304. The molecule has 106 valence electrons. The molecule has 0 aromatic carbocycles. The summed E-state index contributed by atoms with van der Waals surface area (Å²) in [6.45, 7) is 5.75. The van der Waals surface area contributed by atoms with E-state index in [9.17, 15) is 9.59 Å². The van der Waals surface area contributed by atoms with Crippen molar-refractivity contribution < 1.29 is 14.0 Å². The van der Waals surface area contributed by atoms with Crippen LogP contribution in [-0.2, 0) is 16.1 Å². The van der Waals surface area contributed by atoms with E-state index >= 15 is 0 Å². The van der Waals surface area contributed by atoms with Gasteiger partial charge in [0.25, 0.3) is 0 Å². The third-order valence-electron chi connectivity index (χ3n) is 2.70. The number of rotatable bonds is 6. The van der Waals surface area contributed by atoms with Crippen LogP contribution in [0.15, 0.2) is 16.5 Å². The van der Waals surface area contributed by atoms with Gasteiger partial charge in [-0.05, 0) is 25.0 Å². The van der Waals surface area contributed by atoms with Crippen molar-refractivity contribution in [2.24, 2.45) is 11.7 Å². The van der Waals surface area contributed by atoms with E-state index < -0.39 is 6.04 Å². The second-order valence-electron chi connectivity index (χ2n) is 4.78. The highest BCUT2D eigenvalue weighted by atomic mass is 16.3. The van der Waals surface area contributed by atoms with E-state index in [2.05, 4.69) is 10.6 Å². The standard InChI is InChI=1S/C13H21N3O3/c1-8(2)12(14)13(18)16-7-11(17)15-6-10-5-4-9(3)19-10/h4-5,8,12H,6-7,14H2,1-3H3,(H,15,17)(H,16,18)/t12-/m0/s1. The zero-order chi connectivity index (χ0) is 14.4. The molecule has 0 aliphatic carbocycles. The number of furan rings is 1. The minimum absolute atomic E-state index is 0.0363. The van der Waals surface area contributed by atoms with Crippen molar-refractivity contribution in [1.29, 1.82) is 0 Å². The summed E-state index contributed by atoms with van der Waals surface area (Å²) in [5.41, 5.74) is 5.66. The number of nitrogens with one attached hydrogen (secondary N) is 2. The van der Waals surface area contributed by atoms with Gasteiger partial charge in [0.15, 0.2) is 0 Å². The summed E-state index contributed by atoms with van der Waals surface area (Å²) in [6.07, 6.45) is 0. The van der Waals surface area contributed by atoms with Crippen LogP contribution in [0.4, 0.5) is 0 Å². The molecule has 1 rings (SSSR count). The Morgan fingerprint density at radius 1 is 1.32 bits per heavy atom. The molecular weight excluding hydrogens is 246 g/mol. The molecule has 0 radical (unpaired) electrons. The number of aryl methyl sites for hydroxylation is 1. The summed E-state index contributed by atoms with van der Waals surface area (Å²) in [5.74, 6) is 0.906. The number of carbonyl (C=O) groups is 2. The van der Waals surface area contributed by atoms with E-state index in [1.807, 2.05) is 26.8 Å². The van der Waals surface area contributed by atoms with Crippen LogP contribution in [-0.4, -0.2) is 24.4 Å². The first-order valence-electron chi connectivity index (χ1n) is 6.25. The quantitative estimate of drug-likeness (QED) is 0.690. The molecule has 4 N–H and O–H groups in total. The molecule has 0 aliphatic rings. The normalized spacial score (nSPS) is 12.3. The van der Waals surface area contributed by atoms with E-state index in [0.29, 0.717) is 12.3 Å². The summed E-state index contributed by atoms with van der Waals surface area (Å²) in [7, 11) is 0. The van der Waals surface area contributed by atoms with Crippen molar-refractivity contribution >= 4 is 11.8 Å². The Kier molecular flexibility index (Phi) is 5.57. The lowest BCUT2D eigenvalue weighted by molar-refractivity contribution is -0.127. The minimum Gasteiger partial charge on any atom is -0.465 e. The molecule has 1 atom stereocenters. The monoisotopic (exact) mass is 267 g/mol. The summed E-state index contributed by atoms with van der Waals surface area (Å²) in [6, 6.07) is 3.02. The van der Waals surface area contributed by atoms with Gasteiger partial charge in [-0.2, -0.15) is 0 Å². The first-order valence-corrected chi connectivity index (χ1v) is 6.25. The molecule has 0 spiro atoms. The number of amides is 2. The van der Waals surface area contributed by atoms with E-state index in [1.54, 1.807) is 6.07 Å². The minimum atomic E-state index is -0.597. The second-order valence-corrected chi connectivity index (χ2v) is 4.78. The lowest BCUT2D eigenvalue weighted by Gasteiger charge is -2.14. The number of hydrogen-bond acceptors (Lipinski definition) is 4. The van der Waals surface area contributed by atoms with Crippen LogP contribution in [0.25, 0.3) is 0 Å². The molecule has 0 unspecified atom stereocenters. The van der Waals surface area contributed by atoms with Gasteiger partial charge in [0.2, 0.25) is 11.8 Å². The van der Waals surface area contributed by atoms with E-state index in [0.717, 1.165) is 5.76 Å². The lowest BCUT2D eigenvalue weighted by Crippen LogP contribution is -2.47. The second kappa shape index (κ2) is 6.94. The Morgan fingerprint density at radius 3 is 2.53 bits per heavy atom. The summed E-state index contributed by atoms with van der Waals surface area (Å²) >= 11 is 0. The highest BCUT2D eigenvalue weighted by Gasteiger charge is 2.17. The first kappa shape index (κ1) is 15.2. The first-order chi connectivity index (χ1) is 8.90. The molecule has 19 heavy (non-hydrogen) atoms. The molecule has 6 nitrogen and oxygen atoms in total. The number of carbonyl (C=O) groups excluding carboxylic acids is 2. The largest absolute Gasteiger partial charge is 0.465 e. The van der Waals surface area contributed by atoms with E-state index in [4.69, 9.17) is 10.2 Å². The van der Waals surface area contributed by atoms with Crippen LogP contribution in [0.5, 0.6) is 0 Å². The van der Waals surface area contributed by atoms with Gasteiger partial charge in [0, 0.05) is 0 Å². The molecule has 0 aliphatic heterocycles. The highest BCUT2D eigenvalue weighted by molar-refractivity contribution is 5.87. The maximum atomic E-state index is 11.5. The Bertz CT molecular complexity index is 440. The number of hydrogen-bond donors (Lipinski definition) is 3. The molecule has 0 bridgehead atoms. The molecule has 1 heterocycles. The van der Waals surface area contributed by atoms with Crippen molar-refractivity contribution in [3.8, 4) is 0 Å². The van der Waals surface area contributed by atoms with Crippen molar-refractivity contribution in [1.82, 2.24) is 10.6 Å². The molecular formula is C13H21N3O3. The van der Waals surface area contributed by atoms with Crippen molar-refractivity contribution in [3.05, 3.63) is 23.7 Å². The Morgan fingerprint density at radius 2 is 2.00 bits per heavy atom. The van der Waals surface area contributed by atoms with Gasteiger partial charge in [0.1, 0.15) is 11.5 Å². The van der Waals surface area contributed by atoms with Crippen LogP contribution < -0.4 is 16.4 Å². The van der Waals surface area contributed by atoms with Gasteiger partial charge in [-0.15, -0.1) is 0 Å². The smallest absolute Gasteiger partial charge is 0.239 e. The van der Waals surface area contributed by atoms with E-state index in [-0.39, 0.29) is 24.3 Å². The van der Waals surface area contributed by atoms with Crippen LogP contribution >= 0.6 is 0 Å². The zero-order valence-electron chi connectivity index (χ0n) is 11.5. The van der Waals surface area contributed by atoms with Crippen LogP contribution in [0.2, 0.25) is 0 Å².